The molecule has 0 saturated carbocycles. The largest absolute Gasteiger partial charge is 0.482 e. The average Bonchev–Trinajstić information content (AvgIpc) is 2.73. The van der Waals surface area contributed by atoms with Crippen LogP contribution in [-0.2, 0) is 17.9 Å². The average molecular weight is 372 g/mol. The van der Waals surface area contributed by atoms with Crippen molar-refractivity contribution in [3.63, 3.8) is 0 Å². The molecule has 0 saturated heterocycles. The molecule has 5 heteroatoms. The van der Waals surface area contributed by atoms with Gasteiger partial charge in [0.2, 0.25) is 0 Å². The Morgan fingerprint density at radius 1 is 0.893 bits per heavy atom. The van der Waals surface area contributed by atoms with E-state index in [0.29, 0.717) is 30.1 Å². The van der Waals surface area contributed by atoms with E-state index in [1.54, 1.807) is 23.1 Å². The van der Waals surface area contributed by atoms with Gasteiger partial charge in [-0.15, -0.1) is 0 Å². The lowest BCUT2D eigenvalue weighted by Crippen LogP contribution is -2.31. The summed E-state index contributed by atoms with van der Waals surface area (Å²) >= 11 is 0. The van der Waals surface area contributed by atoms with Gasteiger partial charge in [0.25, 0.3) is 11.8 Å². The summed E-state index contributed by atoms with van der Waals surface area (Å²) < 4.78 is 5.39. The van der Waals surface area contributed by atoms with Crippen molar-refractivity contribution in [3.05, 3.63) is 95.6 Å². The van der Waals surface area contributed by atoms with Gasteiger partial charge in [0, 0.05) is 18.7 Å². The number of anilines is 1. The maximum absolute atomic E-state index is 13.3. The fourth-order valence-corrected chi connectivity index (χ4v) is 3.21. The first kappa shape index (κ1) is 17.8. The van der Waals surface area contributed by atoms with E-state index in [1.807, 2.05) is 60.7 Å². The molecule has 0 aromatic heterocycles. The number of fused-ring (bicyclic) bond motifs is 1. The summed E-state index contributed by atoms with van der Waals surface area (Å²) in [5, 5.41) is 2.76. The maximum Gasteiger partial charge on any atom is 0.262 e. The Labute approximate surface area is 163 Å². The zero-order chi connectivity index (χ0) is 19.3. The van der Waals surface area contributed by atoms with Crippen LogP contribution in [0.3, 0.4) is 0 Å². The van der Waals surface area contributed by atoms with Gasteiger partial charge in [-0.1, -0.05) is 60.7 Å². The van der Waals surface area contributed by atoms with Crippen LogP contribution in [0.25, 0.3) is 0 Å². The lowest BCUT2D eigenvalue weighted by Gasteiger charge is -2.24. The van der Waals surface area contributed by atoms with Crippen LogP contribution in [0.2, 0.25) is 0 Å². The van der Waals surface area contributed by atoms with Gasteiger partial charge in [0.1, 0.15) is 5.75 Å². The van der Waals surface area contributed by atoms with Gasteiger partial charge in [0.15, 0.2) is 6.61 Å². The van der Waals surface area contributed by atoms with Crippen LogP contribution in [-0.4, -0.2) is 23.3 Å². The zero-order valence-electron chi connectivity index (χ0n) is 15.3. The van der Waals surface area contributed by atoms with Gasteiger partial charge < -0.3 is 15.0 Å². The molecular formula is C23H20N2O3. The third kappa shape index (κ3) is 4.04. The molecule has 0 radical (unpaired) electrons. The molecule has 1 N–H and O–H groups in total. The number of amides is 2. The van der Waals surface area contributed by atoms with Crippen molar-refractivity contribution in [1.29, 1.82) is 0 Å². The van der Waals surface area contributed by atoms with Crippen molar-refractivity contribution in [2.45, 2.75) is 13.1 Å². The number of nitrogens with one attached hydrogen (secondary N) is 1. The van der Waals surface area contributed by atoms with Gasteiger partial charge in [-0.25, -0.2) is 0 Å². The monoisotopic (exact) mass is 372 g/mol. The number of hydrogen-bond acceptors (Lipinski definition) is 3. The first-order valence-electron chi connectivity index (χ1n) is 9.13. The van der Waals surface area contributed by atoms with E-state index in [-0.39, 0.29) is 18.4 Å². The third-order valence-electron chi connectivity index (χ3n) is 4.58. The van der Waals surface area contributed by atoms with E-state index >= 15 is 0 Å². The minimum atomic E-state index is -0.220. The molecule has 4 rings (SSSR count). The van der Waals surface area contributed by atoms with Gasteiger partial charge >= 0.3 is 0 Å². The molecule has 0 spiro atoms. The number of carbonyl (C=O) groups excluding carboxylic acids is 2. The van der Waals surface area contributed by atoms with E-state index in [9.17, 15) is 9.59 Å². The lowest BCUT2D eigenvalue weighted by molar-refractivity contribution is -0.118. The second-order valence-corrected chi connectivity index (χ2v) is 6.68. The maximum atomic E-state index is 13.3. The van der Waals surface area contributed by atoms with Gasteiger partial charge in [-0.3, -0.25) is 9.59 Å². The molecule has 140 valence electrons. The molecule has 1 aliphatic rings. The Kier molecular flexibility index (Phi) is 5.06. The van der Waals surface area contributed by atoms with Crippen LogP contribution in [0.4, 0.5) is 5.69 Å². The Bertz CT molecular complexity index is 946. The zero-order valence-corrected chi connectivity index (χ0v) is 15.3. The first-order chi connectivity index (χ1) is 13.7. The van der Waals surface area contributed by atoms with Crippen LogP contribution < -0.4 is 10.1 Å². The lowest BCUT2D eigenvalue weighted by atomic mass is 10.1. The molecule has 0 aliphatic carbocycles. The molecule has 0 unspecified atom stereocenters. The summed E-state index contributed by atoms with van der Waals surface area (Å²) in [6.45, 7) is 0.984. The second-order valence-electron chi connectivity index (χ2n) is 6.68. The molecule has 2 amide bonds. The van der Waals surface area contributed by atoms with E-state index in [4.69, 9.17) is 4.74 Å². The van der Waals surface area contributed by atoms with Crippen molar-refractivity contribution >= 4 is 17.5 Å². The standard InChI is InChI=1S/C23H20N2O3/c26-22-16-28-21-12-11-19(13-20(21)24-22)23(27)25(14-17-7-3-1-4-8-17)15-18-9-5-2-6-10-18/h1-13H,14-16H2,(H,24,26). The van der Waals surface area contributed by atoms with E-state index < -0.39 is 0 Å². The van der Waals surface area contributed by atoms with E-state index in [1.165, 1.54) is 0 Å². The Morgan fingerprint density at radius 3 is 2.11 bits per heavy atom. The SMILES string of the molecule is O=C1COc2ccc(C(=O)N(Cc3ccccc3)Cc3ccccc3)cc2N1. The van der Waals surface area contributed by atoms with Gasteiger partial charge in [-0.05, 0) is 29.3 Å². The second kappa shape index (κ2) is 7.96. The summed E-state index contributed by atoms with van der Waals surface area (Å²) in [6.07, 6.45) is 0. The van der Waals surface area contributed by atoms with Crippen LogP contribution in [0.5, 0.6) is 5.75 Å². The fraction of sp³-hybridized carbons (Fsp3) is 0.130. The highest BCUT2D eigenvalue weighted by Gasteiger charge is 2.21. The van der Waals surface area contributed by atoms with Crippen molar-refractivity contribution in [2.24, 2.45) is 0 Å². The number of carbonyl (C=O) groups is 2. The van der Waals surface area contributed by atoms with Crippen molar-refractivity contribution in [1.82, 2.24) is 4.90 Å². The predicted octanol–water partition coefficient (Wildman–Crippen LogP) is 3.86. The number of hydrogen-bond donors (Lipinski definition) is 1. The van der Waals surface area contributed by atoms with E-state index in [0.717, 1.165) is 11.1 Å². The molecule has 5 nitrogen and oxygen atoms in total. The number of ether oxygens (including phenoxy) is 1. The summed E-state index contributed by atoms with van der Waals surface area (Å²) in [6, 6.07) is 24.9. The van der Waals surface area contributed by atoms with Crippen LogP contribution in [0.1, 0.15) is 21.5 Å². The molecule has 0 bridgehead atoms. The van der Waals surface area contributed by atoms with Gasteiger partial charge in [-0.2, -0.15) is 0 Å². The van der Waals surface area contributed by atoms with Crippen LogP contribution >= 0.6 is 0 Å². The highest BCUT2D eigenvalue weighted by Crippen LogP contribution is 2.29. The smallest absolute Gasteiger partial charge is 0.262 e. The quantitative estimate of drug-likeness (QED) is 0.740. The molecule has 1 aliphatic heterocycles. The topological polar surface area (TPSA) is 58.6 Å². The minimum absolute atomic E-state index is 0.00552. The number of nitrogens with zero attached hydrogens (tertiary/aromatic N) is 1. The third-order valence-corrected chi connectivity index (χ3v) is 4.58. The Balaban J connectivity index is 1.62. The Hall–Kier alpha value is -3.60. The summed E-state index contributed by atoms with van der Waals surface area (Å²) in [5.74, 6) is 0.256. The number of benzene rings is 3. The molecule has 1 heterocycles. The fourth-order valence-electron chi connectivity index (χ4n) is 3.21. The van der Waals surface area contributed by atoms with Crippen LogP contribution in [0, 0.1) is 0 Å². The molecule has 3 aromatic carbocycles. The minimum Gasteiger partial charge on any atom is -0.482 e. The van der Waals surface area contributed by atoms with Gasteiger partial charge in [0.05, 0.1) is 5.69 Å². The van der Waals surface area contributed by atoms with Crippen molar-refractivity contribution in [3.8, 4) is 5.75 Å². The number of rotatable bonds is 5. The predicted molar refractivity (Wildman–Crippen MR) is 107 cm³/mol. The highest BCUT2D eigenvalue weighted by molar-refractivity contribution is 5.99. The normalized spacial score (nSPS) is 12.5. The highest BCUT2D eigenvalue weighted by atomic mass is 16.5. The molecule has 0 fully saturated rings. The molecular weight excluding hydrogens is 352 g/mol. The first-order valence-corrected chi connectivity index (χ1v) is 9.13. The molecule has 3 aromatic rings. The summed E-state index contributed by atoms with van der Waals surface area (Å²) in [4.78, 5) is 26.7. The van der Waals surface area contributed by atoms with Crippen molar-refractivity contribution in [2.75, 3.05) is 11.9 Å². The van der Waals surface area contributed by atoms with E-state index in [2.05, 4.69) is 5.32 Å². The molecule has 0 atom stereocenters. The molecule has 28 heavy (non-hydrogen) atoms. The summed E-state index contributed by atoms with van der Waals surface area (Å²) in [7, 11) is 0. The summed E-state index contributed by atoms with van der Waals surface area (Å²) in [5.41, 5.74) is 3.15. The Morgan fingerprint density at radius 2 is 1.50 bits per heavy atom. The van der Waals surface area contributed by atoms with Crippen molar-refractivity contribution < 1.29 is 14.3 Å². The van der Waals surface area contributed by atoms with Crippen LogP contribution in [0.15, 0.2) is 78.9 Å².